The lowest BCUT2D eigenvalue weighted by molar-refractivity contribution is 0.0934. The highest BCUT2D eigenvalue weighted by Crippen LogP contribution is 2.22. The largest absolute Gasteiger partial charge is 0.508 e. The van der Waals surface area contributed by atoms with Crippen molar-refractivity contribution in [2.75, 3.05) is 19.6 Å². The summed E-state index contributed by atoms with van der Waals surface area (Å²) in [6.07, 6.45) is 1.89. The number of phenols is 2. The third kappa shape index (κ3) is 5.63. The fraction of sp³-hybridized carbons (Fsp3) is 0.562. The zero-order chi connectivity index (χ0) is 15.8. The molecule has 0 aromatic heterocycles. The van der Waals surface area contributed by atoms with Gasteiger partial charge in [-0.3, -0.25) is 4.79 Å². The summed E-state index contributed by atoms with van der Waals surface area (Å²) in [4.78, 5) is 14.4. The van der Waals surface area contributed by atoms with Gasteiger partial charge >= 0.3 is 0 Å². The molecule has 0 saturated heterocycles. The molecular weight excluding hydrogens is 268 g/mol. The Hall–Kier alpha value is -1.75. The van der Waals surface area contributed by atoms with E-state index < -0.39 is 0 Å². The third-order valence-electron chi connectivity index (χ3n) is 3.61. The van der Waals surface area contributed by atoms with Gasteiger partial charge in [0.05, 0.1) is 5.56 Å². The Kier molecular flexibility index (Phi) is 7.02. The zero-order valence-electron chi connectivity index (χ0n) is 13.1. The van der Waals surface area contributed by atoms with Crippen molar-refractivity contribution >= 4 is 5.91 Å². The highest BCUT2D eigenvalue weighted by atomic mass is 16.3. The van der Waals surface area contributed by atoms with Crippen LogP contribution in [0, 0.1) is 0 Å². The van der Waals surface area contributed by atoms with Gasteiger partial charge in [-0.25, -0.2) is 0 Å². The van der Waals surface area contributed by atoms with Crippen LogP contribution < -0.4 is 5.32 Å². The molecule has 5 heteroatoms. The van der Waals surface area contributed by atoms with E-state index in [2.05, 4.69) is 24.1 Å². The average molecular weight is 294 g/mol. The first kappa shape index (κ1) is 17.3. The van der Waals surface area contributed by atoms with E-state index in [1.165, 1.54) is 18.2 Å². The molecular formula is C16H26N2O3. The van der Waals surface area contributed by atoms with Crippen LogP contribution in [0.4, 0.5) is 0 Å². The molecule has 1 rings (SSSR count). The number of nitrogens with one attached hydrogen (secondary N) is 1. The van der Waals surface area contributed by atoms with E-state index in [0.717, 1.165) is 32.5 Å². The smallest absolute Gasteiger partial charge is 0.255 e. The van der Waals surface area contributed by atoms with Gasteiger partial charge in [-0.15, -0.1) is 0 Å². The van der Waals surface area contributed by atoms with Crippen LogP contribution in [0.5, 0.6) is 11.5 Å². The Morgan fingerprint density at radius 3 is 2.57 bits per heavy atom. The van der Waals surface area contributed by atoms with Crippen LogP contribution in [0.1, 0.15) is 44.0 Å². The second-order valence-electron chi connectivity index (χ2n) is 5.25. The molecule has 1 unspecified atom stereocenters. The van der Waals surface area contributed by atoms with Crippen molar-refractivity contribution in [3.05, 3.63) is 23.8 Å². The van der Waals surface area contributed by atoms with Gasteiger partial charge in [-0.05, 0) is 57.6 Å². The van der Waals surface area contributed by atoms with Crippen molar-refractivity contribution in [2.45, 2.75) is 39.7 Å². The Morgan fingerprint density at radius 1 is 1.29 bits per heavy atom. The van der Waals surface area contributed by atoms with Gasteiger partial charge in [0.25, 0.3) is 5.91 Å². The Bertz CT molecular complexity index is 459. The Labute approximate surface area is 126 Å². The topological polar surface area (TPSA) is 72.8 Å². The monoisotopic (exact) mass is 294 g/mol. The van der Waals surface area contributed by atoms with Gasteiger partial charge in [0.1, 0.15) is 11.5 Å². The predicted octanol–water partition coefficient (Wildman–Crippen LogP) is 2.34. The van der Waals surface area contributed by atoms with E-state index in [4.69, 9.17) is 0 Å². The number of carbonyl (C=O) groups is 1. The number of carbonyl (C=O) groups excluding carboxylic acids is 1. The molecule has 1 aromatic rings. The molecule has 21 heavy (non-hydrogen) atoms. The third-order valence-corrected chi connectivity index (χ3v) is 3.61. The van der Waals surface area contributed by atoms with Crippen molar-refractivity contribution in [3.8, 4) is 11.5 Å². The summed E-state index contributed by atoms with van der Waals surface area (Å²) >= 11 is 0. The van der Waals surface area contributed by atoms with Crippen LogP contribution in [0.2, 0.25) is 0 Å². The van der Waals surface area contributed by atoms with Crippen molar-refractivity contribution < 1.29 is 15.0 Å². The van der Waals surface area contributed by atoms with E-state index in [0.29, 0.717) is 0 Å². The fourth-order valence-electron chi connectivity index (χ4n) is 2.24. The maximum atomic E-state index is 12.0. The summed E-state index contributed by atoms with van der Waals surface area (Å²) in [6.45, 7) is 9.31. The predicted molar refractivity (Wildman–Crippen MR) is 83.7 cm³/mol. The van der Waals surface area contributed by atoms with E-state index in [1.807, 2.05) is 6.92 Å². The molecule has 3 N–H and O–H groups in total. The van der Waals surface area contributed by atoms with Crippen molar-refractivity contribution in [1.29, 1.82) is 0 Å². The Balaban J connectivity index is 2.45. The first-order chi connectivity index (χ1) is 9.97. The van der Waals surface area contributed by atoms with Gasteiger partial charge in [-0.2, -0.15) is 0 Å². The number of phenolic OH excluding ortho intramolecular Hbond substituents is 2. The zero-order valence-corrected chi connectivity index (χ0v) is 13.1. The SMILES string of the molecule is CCN(CC)CCCC(C)NC(=O)c1cc(O)ccc1O. The lowest BCUT2D eigenvalue weighted by atomic mass is 10.1. The molecule has 1 amide bonds. The first-order valence-electron chi connectivity index (χ1n) is 7.53. The van der Waals surface area contributed by atoms with Crippen LogP contribution in [0.15, 0.2) is 18.2 Å². The molecule has 0 saturated carbocycles. The lowest BCUT2D eigenvalue weighted by Gasteiger charge is -2.20. The minimum atomic E-state index is -0.362. The summed E-state index contributed by atoms with van der Waals surface area (Å²) in [5, 5.41) is 21.9. The Morgan fingerprint density at radius 2 is 1.95 bits per heavy atom. The molecule has 0 radical (unpaired) electrons. The van der Waals surface area contributed by atoms with Crippen LogP contribution in [0.3, 0.4) is 0 Å². The van der Waals surface area contributed by atoms with Crippen LogP contribution >= 0.6 is 0 Å². The molecule has 0 bridgehead atoms. The number of hydrogen-bond acceptors (Lipinski definition) is 4. The molecule has 118 valence electrons. The molecule has 0 aliphatic rings. The summed E-state index contributed by atoms with van der Waals surface area (Å²) in [7, 11) is 0. The second kappa shape index (κ2) is 8.52. The maximum Gasteiger partial charge on any atom is 0.255 e. The number of nitrogens with zero attached hydrogens (tertiary/aromatic N) is 1. The number of aromatic hydroxyl groups is 2. The molecule has 0 heterocycles. The van der Waals surface area contributed by atoms with Crippen molar-refractivity contribution in [3.63, 3.8) is 0 Å². The number of benzene rings is 1. The number of hydrogen-bond donors (Lipinski definition) is 3. The molecule has 0 aliphatic heterocycles. The molecule has 1 aromatic carbocycles. The van der Waals surface area contributed by atoms with Gasteiger partial charge < -0.3 is 20.4 Å². The summed E-state index contributed by atoms with van der Waals surface area (Å²) < 4.78 is 0. The van der Waals surface area contributed by atoms with E-state index in [1.54, 1.807) is 0 Å². The van der Waals surface area contributed by atoms with E-state index in [-0.39, 0.29) is 29.0 Å². The molecule has 0 aliphatic carbocycles. The maximum absolute atomic E-state index is 12.0. The highest BCUT2D eigenvalue weighted by Gasteiger charge is 2.14. The average Bonchev–Trinajstić information content (AvgIpc) is 2.46. The van der Waals surface area contributed by atoms with Gasteiger partial charge in [0, 0.05) is 6.04 Å². The normalized spacial score (nSPS) is 12.4. The summed E-state index contributed by atoms with van der Waals surface area (Å²) in [5.74, 6) is -0.522. The molecule has 5 nitrogen and oxygen atoms in total. The standard InChI is InChI=1S/C16H26N2O3/c1-4-18(5-2)10-6-7-12(3)17-16(21)14-11-13(19)8-9-15(14)20/h8-9,11-12,19-20H,4-7,10H2,1-3H3,(H,17,21). The molecule has 0 spiro atoms. The highest BCUT2D eigenvalue weighted by molar-refractivity contribution is 5.97. The van der Waals surface area contributed by atoms with Crippen LogP contribution in [-0.4, -0.2) is 46.7 Å². The van der Waals surface area contributed by atoms with E-state index >= 15 is 0 Å². The molecule has 0 fully saturated rings. The molecule has 1 atom stereocenters. The van der Waals surface area contributed by atoms with Crippen LogP contribution in [0.25, 0.3) is 0 Å². The van der Waals surface area contributed by atoms with Gasteiger partial charge in [0.15, 0.2) is 0 Å². The number of rotatable bonds is 8. The fourth-order valence-corrected chi connectivity index (χ4v) is 2.24. The first-order valence-corrected chi connectivity index (χ1v) is 7.53. The van der Waals surface area contributed by atoms with Gasteiger partial charge in [0.2, 0.25) is 0 Å². The van der Waals surface area contributed by atoms with E-state index in [9.17, 15) is 15.0 Å². The number of amides is 1. The minimum Gasteiger partial charge on any atom is -0.508 e. The quantitative estimate of drug-likeness (QED) is 0.643. The van der Waals surface area contributed by atoms with Crippen molar-refractivity contribution in [2.24, 2.45) is 0 Å². The minimum absolute atomic E-state index is 0.0230. The second-order valence-corrected chi connectivity index (χ2v) is 5.25. The summed E-state index contributed by atoms with van der Waals surface area (Å²) in [5.41, 5.74) is 0.102. The lowest BCUT2D eigenvalue weighted by Crippen LogP contribution is -2.33. The van der Waals surface area contributed by atoms with Crippen LogP contribution in [-0.2, 0) is 0 Å². The summed E-state index contributed by atoms with van der Waals surface area (Å²) in [6, 6.07) is 3.96. The van der Waals surface area contributed by atoms with Gasteiger partial charge in [-0.1, -0.05) is 13.8 Å². The van der Waals surface area contributed by atoms with Crippen molar-refractivity contribution in [1.82, 2.24) is 10.2 Å².